The molecule has 0 unspecified atom stereocenters. The van der Waals surface area contributed by atoms with Gasteiger partial charge in [-0.2, -0.15) is 5.10 Å². The van der Waals surface area contributed by atoms with E-state index in [1.54, 1.807) is 0 Å². The Kier molecular flexibility index (Phi) is 8.12. The Hall–Kier alpha value is -2.27. The standard InChI is InChI=1S/C23H31N3OS/c1-6-7-12-26(23(27)21-11-9-8-10-16(21)2)15-28-22(25-24)20-13-17(3)19(5)18(4)14-20/h8-11,13-14H,6-7,12,15,24H2,1-5H3. The highest BCUT2D eigenvalue weighted by Gasteiger charge is 2.18. The molecule has 0 aliphatic carbocycles. The fourth-order valence-corrected chi connectivity index (χ4v) is 3.93. The Morgan fingerprint density at radius 2 is 1.71 bits per heavy atom. The first kappa shape index (κ1) is 22.0. The lowest BCUT2D eigenvalue weighted by molar-refractivity contribution is 0.0784. The lowest BCUT2D eigenvalue weighted by Gasteiger charge is -2.23. The Balaban J connectivity index is 2.20. The lowest BCUT2D eigenvalue weighted by Crippen LogP contribution is -2.32. The number of aryl methyl sites for hydroxylation is 3. The third-order valence-electron chi connectivity index (χ3n) is 5.09. The van der Waals surface area contributed by atoms with E-state index in [-0.39, 0.29) is 5.91 Å². The molecule has 2 aromatic carbocycles. The second-order valence-corrected chi connectivity index (χ2v) is 8.11. The molecular formula is C23H31N3OS. The predicted octanol–water partition coefficient (Wildman–Crippen LogP) is 5.17. The van der Waals surface area contributed by atoms with Crippen LogP contribution in [0.2, 0.25) is 0 Å². The van der Waals surface area contributed by atoms with Crippen molar-refractivity contribution in [2.45, 2.75) is 47.5 Å². The molecule has 0 atom stereocenters. The summed E-state index contributed by atoms with van der Waals surface area (Å²) in [6.45, 7) is 11.1. The SMILES string of the molecule is CCCCN(CSC(=NN)c1cc(C)c(C)c(C)c1)C(=O)c1ccccc1C. The number of hydrogen-bond donors (Lipinski definition) is 1. The van der Waals surface area contributed by atoms with E-state index in [2.05, 4.69) is 44.9 Å². The number of hydrazone groups is 1. The van der Waals surface area contributed by atoms with Crippen molar-refractivity contribution in [2.24, 2.45) is 10.9 Å². The predicted molar refractivity (Wildman–Crippen MR) is 121 cm³/mol. The van der Waals surface area contributed by atoms with Gasteiger partial charge in [-0.05, 0) is 74.6 Å². The van der Waals surface area contributed by atoms with Gasteiger partial charge in [0.1, 0.15) is 5.04 Å². The molecule has 0 fully saturated rings. The molecule has 0 aliphatic heterocycles. The molecule has 0 saturated heterocycles. The first-order chi connectivity index (χ1) is 13.4. The van der Waals surface area contributed by atoms with Gasteiger partial charge in [0.05, 0.1) is 5.88 Å². The second-order valence-electron chi connectivity index (χ2n) is 7.18. The summed E-state index contributed by atoms with van der Waals surface area (Å²) in [4.78, 5) is 15.0. The smallest absolute Gasteiger partial charge is 0.254 e. The Bertz CT molecular complexity index is 838. The van der Waals surface area contributed by atoms with Crippen molar-refractivity contribution in [2.75, 3.05) is 12.4 Å². The molecule has 2 aromatic rings. The number of rotatable bonds is 7. The molecule has 0 saturated carbocycles. The lowest BCUT2D eigenvalue weighted by atomic mass is 10.0. The zero-order valence-corrected chi connectivity index (χ0v) is 18.4. The number of hydrogen-bond acceptors (Lipinski definition) is 4. The summed E-state index contributed by atoms with van der Waals surface area (Å²) < 4.78 is 0. The summed E-state index contributed by atoms with van der Waals surface area (Å²) in [5.41, 5.74) is 6.48. The van der Waals surface area contributed by atoms with Crippen molar-refractivity contribution in [1.82, 2.24) is 4.90 Å². The molecule has 0 aliphatic rings. The minimum atomic E-state index is 0.0617. The van der Waals surface area contributed by atoms with Gasteiger partial charge < -0.3 is 10.7 Å². The van der Waals surface area contributed by atoms with Crippen LogP contribution in [0.4, 0.5) is 0 Å². The van der Waals surface area contributed by atoms with Crippen LogP contribution in [-0.2, 0) is 0 Å². The average Bonchev–Trinajstić information content (AvgIpc) is 2.68. The van der Waals surface area contributed by atoms with Gasteiger partial charge in [0.25, 0.3) is 5.91 Å². The van der Waals surface area contributed by atoms with Crippen LogP contribution >= 0.6 is 11.8 Å². The highest BCUT2D eigenvalue weighted by Crippen LogP contribution is 2.22. The fraction of sp³-hybridized carbons (Fsp3) is 0.391. The Labute approximate surface area is 173 Å². The maximum absolute atomic E-state index is 13.1. The summed E-state index contributed by atoms with van der Waals surface area (Å²) in [5, 5.41) is 4.77. The van der Waals surface area contributed by atoms with Crippen LogP contribution in [0.5, 0.6) is 0 Å². The molecule has 4 nitrogen and oxygen atoms in total. The third-order valence-corrected chi connectivity index (χ3v) is 6.15. The monoisotopic (exact) mass is 397 g/mol. The van der Waals surface area contributed by atoms with Crippen LogP contribution in [-0.4, -0.2) is 28.3 Å². The van der Waals surface area contributed by atoms with E-state index >= 15 is 0 Å². The van der Waals surface area contributed by atoms with E-state index in [9.17, 15) is 4.79 Å². The molecule has 0 spiro atoms. The van der Waals surface area contributed by atoms with E-state index in [4.69, 9.17) is 5.84 Å². The van der Waals surface area contributed by atoms with E-state index < -0.39 is 0 Å². The van der Waals surface area contributed by atoms with Crippen LogP contribution in [0.1, 0.15) is 57.9 Å². The van der Waals surface area contributed by atoms with Crippen LogP contribution in [0.25, 0.3) is 0 Å². The molecule has 1 amide bonds. The summed E-state index contributed by atoms with van der Waals surface area (Å²) in [6.07, 6.45) is 2.01. The third kappa shape index (κ3) is 5.38. The quantitative estimate of drug-likeness (QED) is 0.230. The van der Waals surface area contributed by atoms with Gasteiger partial charge in [0, 0.05) is 17.7 Å². The van der Waals surface area contributed by atoms with Crippen molar-refractivity contribution in [1.29, 1.82) is 0 Å². The van der Waals surface area contributed by atoms with Gasteiger partial charge in [-0.3, -0.25) is 4.79 Å². The number of benzene rings is 2. The van der Waals surface area contributed by atoms with Crippen molar-refractivity contribution in [3.8, 4) is 0 Å². The van der Waals surface area contributed by atoms with Crippen molar-refractivity contribution >= 4 is 22.7 Å². The Morgan fingerprint density at radius 3 is 2.29 bits per heavy atom. The van der Waals surface area contributed by atoms with Gasteiger partial charge in [-0.25, -0.2) is 0 Å². The average molecular weight is 398 g/mol. The van der Waals surface area contributed by atoms with Crippen LogP contribution < -0.4 is 5.84 Å². The molecule has 5 heteroatoms. The van der Waals surface area contributed by atoms with Crippen LogP contribution in [0.15, 0.2) is 41.5 Å². The number of carbonyl (C=O) groups excluding carboxylic acids is 1. The minimum Gasteiger partial charge on any atom is -0.329 e. The van der Waals surface area contributed by atoms with Crippen LogP contribution in [0.3, 0.4) is 0 Å². The summed E-state index contributed by atoms with van der Waals surface area (Å²) in [6, 6.07) is 12.0. The summed E-state index contributed by atoms with van der Waals surface area (Å²) in [7, 11) is 0. The maximum Gasteiger partial charge on any atom is 0.254 e. The van der Waals surface area contributed by atoms with Gasteiger partial charge in [-0.15, -0.1) is 0 Å². The van der Waals surface area contributed by atoms with E-state index in [0.717, 1.165) is 41.1 Å². The van der Waals surface area contributed by atoms with Gasteiger partial charge in [-0.1, -0.05) is 43.3 Å². The largest absolute Gasteiger partial charge is 0.329 e. The van der Waals surface area contributed by atoms with Gasteiger partial charge >= 0.3 is 0 Å². The van der Waals surface area contributed by atoms with Crippen molar-refractivity contribution in [3.63, 3.8) is 0 Å². The van der Waals surface area contributed by atoms with E-state index in [0.29, 0.717) is 5.88 Å². The molecule has 0 radical (unpaired) electrons. The molecule has 0 aromatic heterocycles. The first-order valence-corrected chi connectivity index (χ1v) is 10.7. The topological polar surface area (TPSA) is 58.7 Å². The molecule has 2 N–H and O–H groups in total. The van der Waals surface area contributed by atoms with Crippen LogP contribution in [0, 0.1) is 27.7 Å². The molecular weight excluding hydrogens is 366 g/mol. The molecule has 2 rings (SSSR count). The summed E-state index contributed by atoms with van der Waals surface area (Å²) in [5.74, 6) is 6.29. The molecule has 0 bridgehead atoms. The van der Waals surface area contributed by atoms with Crippen molar-refractivity contribution < 1.29 is 4.79 Å². The normalized spacial score (nSPS) is 11.5. The van der Waals surface area contributed by atoms with Gasteiger partial charge in [0.2, 0.25) is 0 Å². The highest BCUT2D eigenvalue weighted by molar-refractivity contribution is 8.14. The number of carbonyl (C=O) groups is 1. The Morgan fingerprint density at radius 1 is 1.07 bits per heavy atom. The minimum absolute atomic E-state index is 0.0617. The number of nitrogens with two attached hydrogens (primary N) is 1. The summed E-state index contributed by atoms with van der Waals surface area (Å²) >= 11 is 1.52. The maximum atomic E-state index is 13.1. The first-order valence-electron chi connectivity index (χ1n) is 9.72. The fourth-order valence-electron chi connectivity index (χ4n) is 3.05. The molecule has 28 heavy (non-hydrogen) atoms. The number of nitrogens with zero attached hydrogens (tertiary/aromatic N) is 2. The van der Waals surface area contributed by atoms with E-state index in [1.807, 2.05) is 36.1 Å². The number of thioether (sulfide) groups is 1. The zero-order chi connectivity index (χ0) is 20.7. The van der Waals surface area contributed by atoms with E-state index in [1.165, 1.54) is 28.5 Å². The van der Waals surface area contributed by atoms with Gasteiger partial charge in [0.15, 0.2) is 0 Å². The zero-order valence-electron chi connectivity index (χ0n) is 17.6. The number of unbranched alkanes of at least 4 members (excludes halogenated alkanes) is 1. The molecule has 0 heterocycles. The number of amides is 1. The molecule has 150 valence electrons. The van der Waals surface area contributed by atoms with Crippen molar-refractivity contribution in [3.05, 3.63) is 69.8 Å². The second kappa shape index (κ2) is 10.3. The highest BCUT2D eigenvalue weighted by atomic mass is 32.2.